The first-order valence-electron chi connectivity index (χ1n) is 8.27. The molecular weight excluding hydrogens is 266 g/mol. The number of amides is 1. The minimum absolute atomic E-state index is 0.160. The van der Waals surface area contributed by atoms with Crippen LogP contribution < -0.4 is 5.32 Å². The molecule has 2 atom stereocenters. The first kappa shape index (κ1) is 16.6. The molecule has 0 aromatic heterocycles. The highest BCUT2D eigenvalue weighted by Crippen LogP contribution is 2.20. The van der Waals surface area contributed by atoms with Crippen LogP contribution in [0.15, 0.2) is 0 Å². The highest BCUT2D eigenvalue weighted by atomic mass is 16.6. The Hall–Kier alpha value is -0.810. The molecule has 1 amide bonds. The van der Waals surface area contributed by atoms with Gasteiger partial charge < -0.3 is 19.9 Å². The Balaban J connectivity index is 1.80. The van der Waals surface area contributed by atoms with E-state index in [1.807, 2.05) is 25.7 Å². The Bertz CT molecular complexity index is 354. The molecule has 1 N–H and O–H groups in total. The van der Waals surface area contributed by atoms with Crippen LogP contribution in [0.25, 0.3) is 0 Å². The van der Waals surface area contributed by atoms with Crippen molar-refractivity contribution >= 4 is 6.09 Å². The normalized spacial score (nSPS) is 27.9. The number of hydrogen-bond acceptors (Lipinski definition) is 4. The van der Waals surface area contributed by atoms with Crippen molar-refractivity contribution in [1.29, 1.82) is 0 Å². The van der Waals surface area contributed by atoms with E-state index in [-0.39, 0.29) is 12.1 Å². The lowest BCUT2D eigenvalue weighted by Gasteiger charge is -2.33. The quantitative estimate of drug-likeness (QED) is 0.866. The van der Waals surface area contributed by atoms with Gasteiger partial charge in [-0.3, -0.25) is 0 Å². The molecule has 5 heteroatoms. The van der Waals surface area contributed by atoms with Crippen molar-refractivity contribution in [2.24, 2.45) is 0 Å². The highest BCUT2D eigenvalue weighted by Gasteiger charge is 2.32. The first-order chi connectivity index (χ1) is 9.85. The number of nitrogens with zero attached hydrogens (tertiary/aromatic N) is 2. The lowest BCUT2D eigenvalue weighted by atomic mass is 10.1. The van der Waals surface area contributed by atoms with Gasteiger partial charge in [0, 0.05) is 31.7 Å². The van der Waals surface area contributed by atoms with Gasteiger partial charge in [0.2, 0.25) is 0 Å². The average molecular weight is 297 g/mol. The van der Waals surface area contributed by atoms with E-state index in [2.05, 4.69) is 17.3 Å². The molecule has 2 heterocycles. The van der Waals surface area contributed by atoms with Crippen LogP contribution in [0.5, 0.6) is 0 Å². The van der Waals surface area contributed by atoms with Crippen LogP contribution in [0.4, 0.5) is 4.79 Å². The fourth-order valence-electron chi connectivity index (χ4n) is 3.24. The Morgan fingerprint density at radius 3 is 2.62 bits per heavy atom. The number of hydrogen-bond donors (Lipinski definition) is 1. The summed E-state index contributed by atoms with van der Waals surface area (Å²) in [5.74, 6) is 0. The van der Waals surface area contributed by atoms with Crippen LogP contribution in [-0.2, 0) is 4.74 Å². The van der Waals surface area contributed by atoms with Crippen molar-refractivity contribution in [2.75, 3.05) is 33.2 Å². The van der Waals surface area contributed by atoms with Gasteiger partial charge in [-0.05, 0) is 60.0 Å². The monoisotopic (exact) mass is 297 g/mol. The summed E-state index contributed by atoms with van der Waals surface area (Å²) in [5.41, 5.74) is -0.413. The number of carbonyl (C=O) groups excluding carboxylic acids is 1. The van der Waals surface area contributed by atoms with E-state index in [1.54, 1.807) is 0 Å². The van der Waals surface area contributed by atoms with Crippen LogP contribution in [0.2, 0.25) is 0 Å². The number of rotatable bonds is 3. The summed E-state index contributed by atoms with van der Waals surface area (Å²) in [6, 6.07) is 0.844. The first-order valence-corrected chi connectivity index (χ1v) is 8.27. The highest BCUT2D eigenvalue weighted by molar-refractivity contribution is 5.69. The Kier molecular flexibility index (Phi) is 5.49. The van der Waals surface area contributed by atoms with Gasteiger partial charge in [-0.2, -0.15) is 0 Å². The Morgan fingerprint density at radius 1 is 1.24 bits per heavy atom. The molecule has 2 aliphatic rings. The Labute approximate surface area is 129 Å². The largest absolute Gasteiger partial charge is 0.444 e. The van der Waals surface area contributed by atoms with E-state index >= 15 is 0 Å². The molecular formula is C16H31N3O2. The molecule has 0 aromatic rings. The smallest absolute Gasteiger partial charge is 0.410 e. The zero-order valence-corrected chi connectivity index (χ0v) is 14.0. The standard InChI is InChI=1S/C16H31N3O2/c1-16(2,3)21-15(20)19-10-6-8-14(19)11-17-13-7-5-9-18(4)12-13/h13-14,17H,5-12H2,1-4H3. The lowest BCUT2D eigenvalue weighted by molar-refractivity contribution is 0.0223. The topological polar surface area (TPSA) is 44.8 Å². The summed E-state index contributed by atoms with van der Waals surface area (Å²) in [4.78, 5) is 16.5. The second-order valence-electron chi connectivity index (χ2n) is 7.48. The molecule has 2 rings (SSSR count). The molecule has 5 nitrogen and oxygen atoms in total. The molecule has 2 saturated heterocycles. The molecule has 0 bridgehead atoms. The molecule has 2 fully saturated rings. The van der Waals surface area contributed by atoms with Gasteiger partial charge in [0.05, 0.1) is 0 Å². The zero-order chi connectivity index (χ0) is 15.5. The summed E-state index contributed by atoms with van der Waals surface area (Å²) in [6.45, 7) is 9.79. The predicted octanol–water partition coefficient (Wildman–Crippen LogP) is 2.07. The molecule has 2 unspecified atom stereocenters. The summed E-state index contributed by atoms with van der Waals surface area (Å²) in [7, 11) is 2.18. The van der Waals surface area contributed by atoms with E-state index in [4.69, 9.17) is 4.74 Å². The van der Waals surface area contributed by atoms with Crippen LogP contribution in [0, 0.1) is 0 Å². The third-order valence-electron chi connectivity index (χ3n) is 4.27. The van der Waals surface area contributed by atoms with Crippen LogP contribution in [0.3, 0.4) is 0 Å². The number of carbonyl (C=O) groups is 1. The van der Waals surface area contributed by atoms with Crippen molar-refractivity contribution in [2.45, 2.75) is 64.1 Å². The maximum atomic E-state index is 12.2. The molecule has 2 aliphatic heterocycles. The van der Waals surface area contributed by atoms with Crippen LogP contribution in [-0.4, -0.2) is 66.8 Å². The van der Waals surface area contributed by atoms with Crippen molar-refractivity contribution in [3.63, 3.8) is 0 Å². The van der Waals surface area contributed by atoms with Crippen LogP contribution >= 0.6 is 0 Å². The molecule has 0 aliphatic carbocycles. The van der Waals surface area contributed by atoms with Gasteiger partial charge in [-0.15, -0.1) is 0 Å². The van der Waals surface area contributed by atoms with Gasteiger partial charge in [0.1, 0.15) is 5.60 Å². The molecule has 122 valence electrons. The van der Waals surface area contributed by atoms with Gasteiger partial charge in [0.25, 0.3) is 0 Å². The number of ether oxygens (including phenoxy) is 1. The van der Waals surface area contributed by atoms with E-state index in [0.717, 1.165) is 32.5 Å². The van der Waals surface area contributed by atoms with Gasteiger partial charge >= 0.3 is 6.09 Å². The fourth-order valence-corrected chi connectivity index (χ4v) is 3.24. The van der Waals surface area contributed by atoms with Gasteiger partial charge in [-0.1, -0.05) is 0 Å². The van der Waals surface area contributed by atoms with Crippen molar-refractivity contribution in [3.05, 3.63) is 0 Å². The van der Waals surface area contributed by atoms with Crippen molar-refractivity contribution < 1.29 is 9.53 Å². The van der Waals surface area contributed by atoms with Crippen molar-refractivity contribution in [3.8, 4) is 0 Å². The predicted molar refractivity (Wildman–Crippen MR) is 84.5 cm³/mol. The van der Waals surface area contributed by atoms with Gasteiger partial charge in [0.15, 0.2) is 0 Å². The average Bonchev–Trinajstić information content (AvgIpc) is 2.83. The minimum atomic E-state index is -0.413. The molecule has 0 radical (unpaired) electrons. The fraction of sp³-hybridized carbons (Fsp3) is 0.938. The SMILES string of the molecule is CN1CCCC(NCC2CCCN2C(=O)OC(C)(C)C)C1. The summed E-state index contributed by atoms with van der Waals surface area (Å²) in [6.07, 6.45) is 4.50. The molecule has 0 spiro atoms. The molecule has 0 saturated carbocycles. The lowest BCUT2D eigenvalue weighted by Crippen LogP contribution is -2.49. The molecule has 0 aromatic carbocycles. The van der Waals surface area contributed by atoms with E-state index in [9.17, 15) is 4.79 Å². The van der Waals surface area contributed by atoms with E-state index in [0.29, 0.717) is 6.04 Å². The summed E-state index contributed by atoms with van der Waals surface area (Å²) < 4.78 is 5.51. The van der Waals surface area contributed by atoms with Crippen LogP contribution in [0.1, 0.15) is 46.5 Å². The maximum absolute atomic E-state index is 12.2. The Morgan fingerprint density at radius 2 is 1.95 bits per heavy atom. The summed E-state index contributed by atoms with van der Waals surface area (Å²) >= 11 is 0. The van der Waals surface area contributed by atoms with E-state index in [1.165, 1.54) is 19.4 Å². The third-order valence-corrected chi connectivity index (χ3v) is 4.27. The number of piperidine rings is 1. The van der Waals surface area contributed by atoms with Crippen molar-refractivity contribution in [1.82, 2.24) is 15.1 Å². The van der Waals surface area contributed by atoms with E-state index < -0.39 is 5.60 Å². The summed E-state index contributed by atoms with van der Waals surface area (Å²) in [5, 5.41) is 3.65. The zero-order valence-electron chi connectivity index (χ0n) is 14.0. The molecule has 21 heavy (non-hydrogen) atoms. The number of likely N-dealkylation sites (N-methyl/N-ethyl adjacent to an activating group) is 1. The number of nitrogens with one attached hydrogen (secondary N) is 1. The second kappa shape index (κ2) is 6.97. The second-order valence-corrected chi connectivity index (χ2v) is 7.48. The van der Waals surface area contributed by atoms with Gasteiger partial charge in [-0.25, -0.2) is 4.79 Å². The maximum Gasteiger partial charge on any atom is 0.410 e. The number of likely N-dealkylation sites (tertiary alicyclic amines) is 2. The minimum Gasteiger partial charge on any atom is -0.444 e. The third kappa shape index (κ3) is 5.15.